The van der Waals surface area contributed by atoms with Crippen LogP contribution in [0.4, 0.5) is 5.69 Å². The number of nitro benzene ring substituents is 1. The predicted molar refractivity (Wildman–Crippen MR) is 96.0 cm³/mol. The first-order valence-electron chi connectivity index (χ1n) is 7.50. The van der Waals surface area contributed by atoms with Crippen molar-refractivity contribution in [3.05, 3.63) is 69.8 Å². The first kappa shape index (κ1) is 16.6. The number of nitrogens with zero attached hydrogens (tertiary/aromatic N) is 1. The molecule has 22 heavy (non-hydrogen) atoms. The average molecular weight is 316 g/mol. The van der Waals surface area contributed by atoms with Crippen LogP contribution in [0, 0.1) is 10.1 Å². The number of hydrogen-bond donors (Lipinski definition) is 0. The van der Waals surface area contributed by atoms with E-state index < -0.39 is 0 Å². The lowest BCUT2D eigenvalue weighted by Gasteiger charge is -2.20. The summed E-state index contributed by atoms with van der Waals surface area (Å²) in [6, 6.07) is 15.8. The third-order valence-electron chi connectivity index (χ3n) is 3.95. The standard InChI is InChI=1S/C18H22NO2P/c1-13(2)14-5-7-15(8-6-14)18(3,4)22-17-11-9-16(10-12-17)19(20)21/h5-13,22H,1-4H3/p+1. The third-order valence-corrected chi connectivity index (χ3v) is 5.73. The maximum atomic E-state index is 10.7. The molecule has 0 saturated carbocycles. The van der Waals surface area contributed by atoms with Gasteiger partial charge in [0.25, 0.3) is 5.69 Å². The highest BCUT2D eigenvalue weighted by molar-refractivity contribution is 7.48. The van der Waals surface area contributed by atoms with Crippen molar-refractivity contribution >= 4 is 19.6 Å². The summed E-state index contributed by atoms with van der Waals surface area (Å²) in [5, 5.41) is 12.0. The Labute approximate surface area is 133 Å². The van der Waals surface area contributed by atoms with Crippen molar-refractivity contribution < 1.29 is 4.92 Å². The van der Waals surface area contributed by atoms with Crippen LogP contribution >= 0.6 is 8.58 Å². The highest BCUT2D eigenvalue weighted by Gasteiger charge is 2.28. The molecule has 1 atom stereocenters. The van der Waals surface area contributed by atoms with E-state index in [-0.39, 0.29) is 24.3 Å². The van der Waals surface area contributed by atoms with Crippen LogP contribution < -0.4 is 5.30 Å². The Morgan fingerprint density at radius 2 is 1.55 bits per heavy atom. The van der Waals surface area contributed by atoms with Crippen LogP contribution in [0.1, 0.15) is 44.7 Å². The Balaban J connectivity index is 2.17. The topological polar surface area (TPSA) is 43.1 Å². The average Bonchev–Trinajstić information content (AvgIpc) is 2.47. The fourth-order valence-corrected chi connectivity index (χ4v) is 4.07. The summed E-state index contributed by atoms with van der Waals surface area (Å²) < 4.78 is 0. The van der Waals surface area contributed by atoms with E-state index in [1.807, 2.05) is 12.1 Å². The lowest BCUT2D eigenvalue weighted by atomic mass is 9.97. The van der Waals surface area contributed by atoms with Gasteiger partial charge >= 0.3 is 0 Å². The monoisotopic (exact) mass is 316 g/mol. The molecule has 0 heterocycles. The molecule has 0 N–H and O–H groups in total. The fraction of sp³-hybridized carbons (Fsp3) is 0.333. The van der Waals surface area contributed by atoms with Gasteiger partial charge in [-0.05, 0) is 43.0 Å². The van der Waals surface area contributed by atoms with E-state index in [4.69, 9.17) is 0 Å². The predicted octanol–water partition coefficient (Wildman–Crippen LogP) is 4.69. The molecule has 0 aliphatic carbocycles. The Morgan fingerprint density at radius 3 is 2.00 bits per heavy atom. The van der Waals surface area contributed by atoms with Gasteiger partial charge in [-0.2, -0.15) is 0 Å². The maximum Gasteiger partial charge on any atom is 0.269 e. The fourth-order valence-electron chi connectivity index (χ4n) is 2.49. The summed E-state index contributed by atoms with van der Waals surface area (Å²) in [4.78, 5) is 10.4. The molecule has 0 aliphatic rings. The molecule has 0 bridgehead atoms. The van der Waals surface area contributed by atoms with Gasteiger partial charge in [0, 0.05) is 20.7 Å². The molecule has 4 heteroatoms. The lowest BCUT2D eigenvalue weighted by Crippen LogP contribution is -2.14. The summed E-state index contributed by atoms with van der Waals surface area (Å²) in [6.45, 7) is 8.88. The highest BCUT2D eigenvalue weighted by Crippen LogP contribution is 2.40. The molecule has 0 fully saturated rings. The molecular weight excluding hydrogens is 293 g/mol. The second-order valence-corrected chi connectivity index (χ2v) is 8.89. The molecule has 1 unspecified atom stereocenters. The minimum absolute atomic E-state index is 0.00467. The van der Waals surface area contributed by atoms with Gasteiger partial charge in [-0.1, -0.05) is 38.1 Å². The molecule has 0 amide bonds. The number of rotatable bonds is 5. The molecule has 0 aliphatic heterocycles. The van der Waals surface area contributed by atoms with Gasteiger partial charge in [0.15, 0.2) is 0 Å². The zero-order chi connectivity index (χ0) is 16.3. The molecule has 3 nitrogen and oxygen atoms in total. The molecule has 0 saturated heterocycles. The van der Waals surface area contributed by atoms with Gasteiger partial charge in [0.05, 0.1) is 15.4 Å². The Hall–Kier alpha value is -1.73. The zero-order valence-electron chi connectivity index (χ0n) is 13.5. The van der Waals surface area contributed by atoms with Crippen molar-refractivity contribution in [2.75, 3.05) is 0 Å². The minimum Gasteiger partial charge on any atom is -0.258 e. The van der Waals surface area contributed by atoms with Crippen molar-refractivity contribution in [2.45, 2.75) is 38.8 Å². The smallest absolute Gasteiger partial charge is 0.258 e. The molecule has 2 aromatic carbocycles. The summed E-state index contributed by atoms with van der Waals surface area (Å²) in [7, 11) is -0.00467. The van der Waals surface area contributed by atoms with E-state index >= 15 is 0 Å². The van der Waals surface area contributed by atoms with E-state index in [9.17, 15) is 10.1 Å². The number of nitro groups is 1. The van der Waals surface area contributed by atoms with Gasteiger partial charge in [-0.3, -0.25) is 10.1 Å². The van der Waals surface area contributed by atoms with Crippen LogP contribution in [0.15, 0.2) is 48.5 Å². The summed E-state index contributed by atoms with van der Waals surface area (Å²) >= 11 is 0. The van der Waals surface area contributed by atoms with Crippen LogP contribution in [-0.4, -0.2) is 4.92 Å². The molecule has 2 rings (SSSR count). The van der Waals surface area contributed by atoms with Gasteiger partial charge in [-0.15, -0.1) is 0 Å². The molecule has 0 radical (unpaired) electrons. The SMILES string of the molecule is CC(C)c1ccc(C(C)(C)[PH2+]c2ccc([N+](=O)[O-])cc2)cc1. The third kappa shape index (κ3) is 3.92. The lowest BCUT2D eigenvalue weighted by molar-refractivity contribution is -0.384. The van der Waals surface area contributed by atoms with Crippen molar-refractivity contribution in [2.24, 2.45) is 0 Å². The number of benzene rings is 2. The molecule has 0 aromatic heterocycles. The maximum absolute atomic E-state index is 10.7. The Bertz CT molecular complexity index is 646. The van der Waals surface area contributed by atoms with Gasteiger partial charge in [0.1, 0.15) is 0 Å². The summed E-state index contributed by atoms with van der Waals surface area (Å²) in [6.07, 6.45) is 0. The second kappa shape index (κ2) is 6.58. The Morgan fingerprint density at radius 1 is 1.00 bits per heavy atom. The number of hydrogen-bond acceptors (Lipinski definition) is 2. The van der Waals surface area contributed by atoms with E-state index in [0.717, 1.165) is 0 Å². The largest absolute Gasteiger partial charge is 0.269 e. The van der Waals surface area contributed by atoms with Gasteiger partial charge in [-0.25, -0.2) is 0 Å². The Kier molecular flexibility index (Phi) is 4.97. The number of non-ortho nitro benzene ring substituents is 1. The highest BCUT2D eigenvalue weighted by atomic mass is 31.1. The van der Waals surface area contributed by atoms with Crippen LogP contribution in [0.5, 0.6) is 0 Å². The van der Waals surface area contributed by atoms with Gasteiger partial charge in [0.2, 0.25) is 0 Å². The molecular formula is C18H23NO2P+. The van der Waals surface area contributed by atoms with E-state index in [1.165, 1.54) is 16.4 Å². The van der Waals surface area contributed by atoms with Crippen LogP contribution in [-0.2, 0) is 5.16 Å². The van der Waals surface area contributed by atoms with Crippen molar-refractivity contribution in [3.63, 3.8) is 0 Å². The van der Waals surface area contributed by atoms with E-state index in [2.05, 4.69) is 52.0 Å². The first-order chi connectivity index (χ1) is 10.3. The van der Waals surface area contributed by atoms with Crippen LogP contribution in [0.25, 0.3) is 0 Å². The second-order valence-electron chi connectivity index (χ2n) is 6.49. The van der Waals surface area contributed by atoms with Crippen molar-refractivity contribution in [1.29, 1.82) is 0 Å². The van der Waals surface area contributed by atoms with Crippen molar-refractivity contribution in [3.8, 4) is 0 Å². The first-order valence-corrected chi connectivity index (χ1v) is 8.66. The van der Waals surface area contributed by atoms with Gasteiger partial charge < -0.3 is 0 Å². The summed E-state index contributed by atoms with van der Waals surface area (Å²) in [5.41, 5.74) is 2.83. The molecule has 2 aromatic rings. The molecule has 0 spiro atoms. The van der Waals surface area contributed by atoms with Crippen molar-refractivity contribution in [1.82, 2.24) is 0 Å². The van der Waals surface area contributed by atoms with E-state index in [1.54, 1.807) is 12.1 Å². The molecule has 116 valence electrons. The van der Waals surface area contributed by atoms with Crippen LogP contribution in [0.3, 0.4) is 0 Å². The van der Waals surface area contributed by atoms with E-state index in [0.29, 0.717) is 5.92 Å². The quantitative estimate of drug-likeness (QED) is 0.456. The summed E-state index contributed by atoms with van der Waals surface area (Å²) in [5.74, 6) is 0.541. The van der Waals surface area contributed by atoms with Crippen LogP contribution in [0.2, 0.25) is 0 Å². The zero-order valence-corrected chi connectivity index (χ0v) is 14.7. The normalized spacial score (nSPS) is 12.2. The minimum atomic E-state index is -0.352.